The number of aromatic hydroxyl groups is 1. The molecule has 0 aliphatic carbocycles. The molecule has 60 valence electrons. The van der Waals surface area contributed by atoms with Gasteiger partial charge in [0.05, 0.1) is 11.2 Å². The van der Waals surface area contributed by atoms with Crippen molar-refractivity contribution in [3.63, 3.8) is 0 Å². The van der Waals surface area contributed by atoms with Gasteiger partial charge in [0.25, 0.3) is 0 Å². The Hall–Kier alpha value is -0.760. The molecule has 0 aromatic carbocycles. The first kappa shape index (κ1) is 8.34. The van der Waals surface area contributed by atoms with Crippen LogP contribution < -0.4 is 0 Å². The van der Waals surface area contributed by atoms with Crippen molar-refractivity contribution in [1.29, 1.82) is 0 Å². The van der Waals surface area contributed by atoms with Crippen LogP contribution in [0.3, 0.4) is 0 Å². The molecule has 0 saturated heterocycles. The monoisotopic (exact) mass is 171 g/mol. The molecule has 0 aliphatic heterocycles. The molecule has 0 saturated carbocycles. The molecule has 1 aromatic rings. The van der Waals surface area contributed by atoms with Gasteiger partial charge in [-0.05, 0) is 12.0 Å². The van der Waals surface area contributed by atoms with Crippen LogP contribution in [0.5, 0.6) is 5.75 Å². The number of hydrogen-bond acceptors (Lipinski definition) is 2. The number of hydrogen-bond donors (Lipinski definition) is 1. The van der Waals surface area contributed by atoms with Crippen LogP contribution in [-0.4, -0.2) is 10.1 Å². The van der Waals surface area contributed by atoms with E-state index in [0.29, 0.717) is 10.9 Å². The Kier molecular flexibility index (Phi) is 2.35. The van der Waals surface area contributed by atoms with Crippen molar-refractivity contribution in [1.82, 2.24) is 4.98 Å². The molecule has 1 heterocycles. The minimum atomic E-state index is 0.0380. The molecule has 0 spiro atoms. The molecular formula is C8H10ClNO. The minimum Gasteiger partial charge on any atom is -0.505 e. The fraction of sp³-hybridized carbons (Fsp3) is 0.375. The van der Waals surface area contributed by atoms with Gasteiger partial charge >= 0.3 is 0 Å². The van der Waals surface area contributed by atoms with Gasteiger partial charge in [-0.1, -0.05) is 25.4 Å². The smallest absolute Gasteiger partial charge is 0.152 e. The van der Waals surface area contributed by atoms with Crippen molar-refractivity contribution < 1.29 is 5.11 Å². The Bertz CT molecular complexity index is 260. The highest BCUT2D eigenvalue weighted by molar-refractivity contribution is 6.31. The van der Waals surface area contributed by atoms with Gasteiger partial charge in [-0.2, -0.15) is 0 Å². The Morgan fingerprint density at radius 2 is 2.18 bits per heavy atom. The van der Waals surface area contributed by atoms with Crippen molar-refractivity contribution in [2.45, 2.75) is 19.8 Å². The molecule has 3 heteroatoms. The van der Waals surface area contributed by atoms with Crippen LogP contribution in [0, 0.1) is 0 Å². The van der Waals surface area contributed by atoms with E-state index in [-0.39, 0.29) is 5.75 Å². The van der Waals surface area contributed by atoms with Crippen molar-refractivity contribution in [2.75, 3.05) is 0 Å². The zero-order valence-corrected chi connectivity index (χ0v) is 7.26. The van der Waals surface area contributed by atoms with E-state index in [1.807, 2.05) is 13.8 Å². The van der Waals surface area contributed by atoms with Crippen molar-refractivity contribution in [3.8, 4) is 5.75 Å². The number of pyridine rings is 1. The SMILES string of the molecule is CC(C)c1cc(Cl)c(O)cn1. The normalized spacial score (nSPS) is 10.5. The van der Waals surface area contributed by atoms with E-state index in [9.17, 15) is 0 Å². The summed E-state index contributed by atoms with van der Waals surface area (Å²) < 4.78 is 0. The lowest BCUT2D eigenvalue weighted by Crippen LogP contribution is -1.90. The van der Waals surface area contributed by atoms with E-state index in [0.717, 1.165) is 5.69 Å². The van der Waals surface area contributed by atoms with E-state index in [1.54, 1.807) is 6.07 Å². The van der Waals surface area contributed by atoms with Crippen LogP contribution in [0.1, 0.15) is 25.5 Å². The van der Waals surface area contributed by atoms with Gasteiger partial charge in [0, 0.05) is 5.69 Å². The summed E-state index contributed by atoms with van der Waals surface area (Å²) in [5.41, 5.74) is 0.896. The van der Waals surface area contributed by atoms with E-state index in [4.69, 9.17) is 16.7 Å². The average Bonchev–Trinajstić information content (AvgIpc) is 1.94. The third kappa shape index (κ3) is 1.84. The number of aromatic nitrogens is 1. The van der Waals surface area contributed by atoms with Crippen molar-refractivity contribution in [3.05, 3.63) is 23.0 Å². The molecule has 1 N–H and O–H groups in total. The predicted octanol–water partition coefficient (Wildman–Crippen LogP) is 2.56. The average molecular weight is 172 g/mol. The van der Waals surface area contributed by atoms with Gasteiger partial charge < -0.3 is 5.11 Å². The highest BCUT2D eigenvalue weighted by atomic mass is 35.5. The van der Waals surface area contributed by atoms with Crippen molar-refractivity contribution in [2.24, 2.45) is 0 Å². The van der Waals surface area contributed by atoms with E-state index < -0.39 is 0 Å². The van der Waals surface area contributed by atoms with Crippen molar-refractivity contribution >= 4 is 11.6 Å². The maximum Gasteiger partial charge on any atom is 0.152 e. The summed E-state index contributed by atoms with van der Waals surface area (Å²) >= 11 is 5.67. The van der Waals surface area contributed by atoms with Gasteiger partial charge in [-0.3, -0.25) is 4.98 Å². The zero-order chi connectivity index (χ0) is 8.43. The molecule has 0 bridgehead atoms. The van der Waals surface area contributed by atoms with E-state index in [1.165, 1.54) is 6.20 Å². The molecule has 0 fully saturated rings. The Balaban J connectivity index is 3.05. The molecule has 0 amide bonds. The molecule has 2 nitrogen and oxygen atoms in total. The van der Waals surface area contributed by atoms with Crippen LogP contribution in [0.25, 0.3) is 0 Å². The molecule has 0 aliphatic rings. The maximum atomic E-state index is 9.03. The second kappa shape index (κ2) is 3.09. The van der Waals surface area contributed by atoms with Gasteiger partial charge in [0.1, 0.15) is 0 Å². The number of halogens is 1. The predicted molar refractivity (Wildman–Crippen MR) is 45.0 cm³/mol. The summed E-state index contributed by atoms with van der Waals surface area (Å²) in [5.74, 6) is 0.379. The molecule has 0 unspecified atom stereocenters. The standard InChI is InChI=1S/C8H10ClNO/c1-5(2)7-3-6(9)8(11)4-10-7/h3-5,11H,1-2H3. The van der Waals surface area contributed by atoms with Crippen LogP contribution in [0.4, 0.5) is 0 Å². The summed E-state index contributed by atoms with van der Waals surface area (Å²) in [6, 6.07) is 1.68. The summed E-state index contributed by atoms with van der Waals surface area (Å²) in [5, 5.41) is 9.40. The third-order valence-corrected chi connectivity index (χ3v) is 1.75. The van der Waals surface area contributed by atoms with Crippen LogP contribution in [0.2, 0.25) is 5.02 Å². The first-order valence-corrected chi connectivity index (χ1v) is 3.83. The lowest BCUT2D eigenvalue weighted by molar-refractivity contribution is 0.472. The van der Waals surface area contributed by atoms with Gasteiger partial charge in [0.15, 0.2) is 5.75 Å². The fourth-order valence-electron chi connectivity index (χ4n) is 0.754. The third-order valence-electron chi connectivity index (χ3n) is 1.45. The largest absolute Gasteiger partial charge is 0.505 e. The molecule has 0 radical (unpaired) electrons. The number of nitrogens with zero attached hydrogens (tertiary/aromatic N) is 1. The fourth-order valence-corrected chi connectivity index (χ4v) is 0.915. The van der Waals surface area contributed by atoms with Gasteiger partial charge in [0.2, 0.25) is 0 Å². The lowest BCUT2D eigenvalue weighted by Gasteiger charge is -2.04. The quantitative estimate of drug-likeness (QED) is 0.705. The van der Waals surface area contributed by atoms with Gasteiger partial charge in [-0.15, -0.1) is 0 Å². The lowest BCUT2D eigenvalue weighted by atomic mass is 10.1. The number of rotatable bonds is 1. The highest BCUT2D eigenvalue weighted by Crippen LogP contribution is 2.24. The van der Waals surface area contributed by atoms with Gasteiger partial charge in [-0.25, -0.2) is 0 Å². The molecule has 1 rings (SSSR count). The molecule has 0 atom stereocenters. The van der Waals surface area contributed by atoms with E-state index >= 15 is 0 Å². The minimum absolute atomic E-state index is 0.0380. The van der Waals surface area contributed by atoms with Crippen LogP contribution >= 0.6 is 11.6 Å². The summed E-state index contributed by atoms with van der Waals surface area (Å²) in [6.07, 6.45) is 1.37. The second-order valence-electron chi connectivity index (χ2n) is 2.72. The van der Waals surface area contributed by atoms with Crippen LogP contribution in [0.15, 0.2) is 12.3 Å². The molecule has 11 heavy (non-hydrogen) atoms. The molecular weight excluding hydrogens is 162 g/mol. The Morgan fingerprint density at radius 1 is 1.55 bits per heavy atom. The summed E-state index contributed by atoms with van der Waals surface area (Å²) in [4.78, 5) is 4.00. The topological polar surface area (TPSA) is 33.1 Å². The first-order chi connectivity index (χ1) is 5.11. The highest BCUT2D eigenvalue weighted by Gasteiger charge is 2.03. The summed E-state index contributed by atoms with van der Waals surface area (Å²) in [6.45, 7) is 4.05. The second-order valence-corrected chi connectivity index (χ2v) is 3.12. The zero-order valence-electron chi connectivity index (χ0n) is 6.50. The van der Waals surface area contributed by atoms with Crippen LogP contribution in [-0.2, 0) is 0 Å². The molecule has 1 aromatic heterocycles. The Labute approximate surface area is 70.8 Å². The van der Waals surface area contributed by atoms with E-state index in [2.05, 4.69) is 4.98 Å². The first-order valence-electron chi connectivity index (χ1n) is 3.45. The maximum absolute atomic E-state index is 9.03. The summed E-state index contributed by atoms with van der Waals surface area (Å²) in [7, 11) is 0. The Morgan fingerprint density at radius 3 is 2.64 bits per heavy atom.